The summed E-state index contributed by atoms with van der Waals surface area (Å²) in [5.41, 5.74) is -1.35. The Kier molecular flexibility index (Phi) is 2.97. The van der Waals surface area contributed by atoms with Crippen molar-refractivity contribution in [2.75, 3.05) is 6.54 Å². The first-order chi connectivity index (χ1) is 7.04. The first-order valence-corrected chi connectivity index (χ1v) is 5.84. The first-order valence-electron chi connectivity index (χ1n) is 5.84. The van der Waals surface area contributed by atoms with E-state index in [9.17, 15) is 13.2 Å². The maximum atomic E-state index is 12.9. The minimum atomic E-state index is -4.00. The lowest BCUT2D eigenvalue weighted by Gasteiger charge is -2.45. The van der Waals surface area contributed by atoms with E-state index in [4.69, 9.17) is 0 Å². The Hall–Kier alpha value is -0.250. The molecule has 1 aliphatic carbocycles. The largest absolute Gasteiger partial charge is 0.394 e. The van der Waals surface area contributed by atoms with Crippen molar-refractivity contribution < 1.29 is 13.2 Å². The predicted octanol–water partition coefficient (Wildman–Crippen LogP) is 3.25. The Morgan fingerprint density at radius 1 is 1.13 bits per heavy atom. The van der Waals surface area contributed by atoms with E-state index in [0.29, 0.717) is 19.3 Å². The van der Waals surface area contributed by atoms with Gasteiger partial charge in [-0.05, 0) is 38.6 Å². The summed E-state index contributed by atoms with van der Waals surface area (Å²) in [6, 6.07) is 0.0978. The molecule has 0 bridgehead atoms. The van der Waals surface area contributed by atoms with Crippen molar-refractivity contribution in [2.45, 2.75) is 57.2 Å². The van der Waals surface area contributed by atoms with E-state index in [1.54, 1.807) is 0 Å². The topological polar surface area (TPSA) is 12.0 Å². The molecule has 0 spiro atoms. The summed E-state index contributed by atoms with van der Waals surface area (Å²) in [5.74, 6) is 0. The molecule has 1 aliphatic heterocycles. The zero-order valence-electron chi connectivity index (χ0n) is 8.87. The highest BCUT2D eigenvalue weighted by molar-refractivity contribution is 4.97. The third kappa shape index (κ3) is 2.14. The fourth-order valence-electron chi connectivity index (χ4n) is 2.78. The summed E-state index contributed by atoms with van der Waals surface area (Å²) in [5, 5.41) is 3.22. The second-order valence-electron chi connectivity index (χ2n) is 4.98. The molecular formula is C11H18F3N. The zero-order valence-corrected chi connectivity index (χ0v) is 8.87. The van der Waals surface area contributed by atoms with Gasteiger partial charge in [-0.15, -0.1) is 0 Å². The smallest absolute Gasteiger partial charge is 0.314 e. The van der Waals surface area contributed by atoms with Crippen LogP contribution in [0.5, 0.6) is 0 Å². The number of hydrogen-bond donors (Lipinski definition) is 1. The van der Waals surface area contributed by atoms with E-state index in [2.05, 4.69) is 5.32 Å². The van der Waals surface area contributed by atoms with Crippen molar-refractivity contribution in [1.29, 1.82) is 0 Å². The summed E-state index contributed by atoms with van der Waals surface area (Å²) in [6.45, 7) is 0.888. The Morgan fingerprint density at radius 2 is 1.87 bits per heavy atom. The van der Waals surface area contributed by atoms with Crippen LogP contribution in [0.15, 0.2) is 0 Å². The number of alkyl halides is 3. The van der Waals surface area contributed by atoms with E-state index in [-0.39, 0.29) is 6.04 Å². The van der Waals surface area contributed by atoms with Gasteiger partial charge in [0.05, 0.1) is 5.41 Å². The molecule has 0 aromatic rings. The van der Waals surface area contributed by atoms with Crippen LogP contribution in [-0.2, 0) is 0 Å². The Labute approximate surface area is 88.4 Å². The SMILES string of the molecule is FC(F)(F)C1(CC2CCCCN2)CCC1. The molecule has 1 atom stereocenters. The summed E-state index contributed by atoms with van der Waals surface area (Å²) in [6.07, 6.45) is 0.829. The number of piperidine rings is 1. The van der Waals surface area contributed by atoms with Crippen LogP contribution in [-0.4, -0.2) is 18.8 Å². The van der Waals surface area contributed by atoms with Gasteiger partial charge >= 0.3 is 6.18 Å². The number of rotatable bonds is 2. The highest BCUT2D eigenvalue weighted by Crippen LogP contribution is 2.56. The number of hydrogen-bond acceptors (Lipinski definition) is 1. The molecule has 2 rings (SSSR count). The number of nitrogens with one attached hydrogen (secondary N) is 1. The fourth-order valence-corrected chi connectivity index (χ4v) is 2.78. The minimum absolute atomic E-state index is 0.0978. The average molecular weight is 221 g/mol. The highest BCUT2D eigenvalue weighted by atomic mass is 19.4. The molecular weight excluding hydrogens is 203 g/mol. The van der Waals surface area contributed by atoms with E-state index in [1.165, 1.54) is 0 Å². The van der Waals surface area contributed by atoms with Gasteiger partial charge in [0.1, 0.15) is 0 Å². The quantitative estimate of drug-likeness (QED) is 0.754. The standard InChI is InChI=1S/C11H18F3N/c12-11(13,14)10(5-3-6-10)8-9-4-1-2-7-15-9/h9,15H,1-8H2. The monoisotopic (exact) mass is 221 g/mol. The lowest BCUT2D eigenvalue weighted by atomic mass is 9.64. The molecule has 1 heterocycles. The second-order valence-corrected chi connectivity index (χ2v) is 4.98. The lowest BCUT2D eigenvalue weighted by molar-refractivity contribution is -0.255. The lowest BCUT2D eigenvalue weighted by Crippen LogP contribution is -2.49. The maximum absolute atomic E-state index is 12.9. The molecule has 0 radical (unpaired) electrons. The average Bonchev–Trinajstić information content (AvgIpc) is 2.11. The van der Waals surface area contributed by atoms with Crippen molar-refractivity contribution in [3.63, 3.8) is 0 Å². The van der Waals surface area contributed by atoms with Gasteiger partial charge in [-0.25, -0.2) is 0 Å². The van der Waals surface area contributed by atoms with Gasteiger partial charge in [0.25, 0.3) is 0 Å². The normalized spacial score (nSPS) is 31.0. The molecule has 0 aromatic carbocycles. The molecule has 1 N–H and O–H groups in total. The van der Waals surface area contributed by atoms with Crippen LogP contribution in [0, 0.1) is 5.41 Å². The van der Waals surface area contributed by atoms with Gasteiger partial charge in [-0.3, -0.25) is 0 Å². The molecule has 0 aromatic heterocycles. The van der Waals surface area contributed by atoms with Crippen LogP contribution in [0.25, 0.3) is 0 Å². The molecule has 1 saturated carbocycles. The molecule has 15 heavy (non-hydrogen) atoms. The maximum Gasteiger partial charge on any atom is 0.394 e. The van der Waals surface area contributed by atoms with Crippen LogP contribution in [0.4, 0.5) is 13.2 Å². The van der Waals surface area contributed by atoms with Crippen molar-refractivity contribution >= 4 is 0 Å². The van der Waals surface area contributed by atoms with Crippen molar-refractivity contribution in [3.8, 4) is 0 Å². The Morgan fingerprint density at radius 3 is 2.27 bits per heavy atom. The third-order valence-electron chi connectivity index (χ3n) is 3.96. The van der Waals surface area contributed by atoms with Crippen LogP contribution in [0.3, 0.4) is 0 Å². The molecule has 88 valence electrons. The van der Waals surface area contributed by atoms with Crippen molar-refractivity contribution in [2.24, 2.45) is 5.41 Å². The van der Waals surface area contributed by atoms with Crippen LogP contribution >= 0.6 is 0 Å². The van der Waals surface area contributed by atoms with Crippen LogP contribution in [0.2, 0.25) is 0 Å². The van der Waals surface area contributed by atoms with E-state index in [1.807, 2.05) is 0 Å². The second kappa shape index (κ2) is 3.96. The summed E-state index contributed by atoms with van der Waals surface area (Å²) in [4.78, 5) is 0. The van der Waals surface area contributed by atoms with Gasteiger partial charge in [0.15, 0.2) is 0 Å². The molecule has 1 nitrogen and oxygen atoms in total. The fraction of sp³-hybridized carbons (Fsp3) is 1.00. The van der Waals surface area contributed by atoms with Gasteiger partial charge in [0, 0.05) is 6.04 Å². The Balaban J connectivity index is 1.95. The minimum Gasteiger partial charge on any atom is -0.314 e. The predicted molar refractivity (Wildman–Crippen MR) is 52.6 cm³/mol. The molecule has 0 amide bonds. The molecule has 4 heteroatoms. The summed E-state index contributed by atoms with van der Waals surface area (Å²) in [7, 11) is 0. The Bertz CT molecular complexity index is 214. The van der Waals surface area contributed by atoms with Crippen LogP contribution in [0.1, 0.15) is 44.9 Å². The van der Waals surface area contributed by atoms with Gasteiger partial charge in [-0.1, -0.05) is 12.8 Å². The summed E-state index contributed by atoms with van der Waals surface area (Å²) < 4.78 is 38.6. The van der Waals surface area contributed by atoms with Crippen LogP contribution < -0.4 is 5.32 Å². The van der Waals surface area contributed by atoms with E-state index >= 15 is 0 Å². The zero-order chi connectivity index (χ0) is 10.9. The molecule has 2 aliphatic rings. The van der Waals surface area contributed by atoms with Crippen molar-refractivity contribution in [3.05, 3.63) is 0 Å². The highest BCUT2D eigenvalue weighted by Gasteiger charge is 2.58. The van der Waals surface area contributed by atoms with Crippen molar-refractivity contribution in [1.82, 2.24) is 5.32 Å². The molecule has 2 fully saturated rings. The van der Waals surface area contributed by atoms with Gasteiger partial charge < -0.3 is 5.32 Å². The molecule has 1 unspecified atom stereocenters. The van der Waals surface area contributed by atoms with Gasteiger partial charge in [-0.2, -0.15) is 13.2 Å². The molecule has 1 saturated heterocycles. The third-order valence-corrected chi connectivity index (χ3v) is 3.96. The number of halogens is 3. The first kappa shape index (κ1) is 11.2. The van der Waals surface area contributed by atoms with Gasteiger partial charge in [0.2, 0.25) is 0 Å². The van der Waals surface area contributed by atoms with E-state index in [0.717, 1.165) is 32.2 Å². The van der Waals surface area contributed by atoms with E-state index < -0.39 is 11.6 Å². The summed E-state index contributed by atoms with van der Waals surface area (Å²) >= 11 is 0.